The predicted octanol–water partition coefficient (Wildman–Crippen LogP) is 1.46. The zero-order valence-electron chi connectivity index (χ0n) is 10.9. The molecular weight excluding hydrogens is 258 g/mol. The number of aromatic nitrogens is 2. The molecule has 1 aliphatic carbocycles. The van der Waals surface area contributed by atoms with Gasteiger partial charge in [-0.1, -0.05) is 6.07 Å². The maximum absolute atomic E-state index is 12.4. The van der Waals surface area contributed by atoms with E-state index in [-0.39, 0.29) is 12.3 Å². The van der Waals surface area contributed by atoms with E-state index in [1.165, 1.54) is 6.20 Å². The first-order valence-corrected chi connectivity index (χ1v) is 6.56. The predicted molar refractivity (Wildman–Crippen MR) is 71.5 cm³/mol. The molecule has 20 heavy (non-hydrogen) atoms. The van der Waals surface area contributed by atoms with Gasteiger partial charge in [0.15, 0.2) is 0 Å². The molecule has 0 bridgehead atoms. The highest BCUT2D eigenvalue weighted by atomic mass is 16.4. The number of fused-ring (bicyclic) bond motifs is 1. The number of carboxylic acid groups (broad SMARTS) is 1. The Morgan fingerprint density at radius 1 is 1.40 bits per heavy atom. The van der Waals surface area contributed by atoms with Gasteiger partial charge in [0.2, 0.25) is 0 Å². The molecule has 2 N–H and O–H groups in total. The van der Waals surface area contributed by atoms with Crippen molar-refractivity contribution in [3.05, 3.63) is 36.2 Å². The summed E-state index contributed by atoms with van der Waals surface area (Å²) in [6, 6.07) is 5.48. The van der Waals surface area contributed by atoms with Crippen molar-refractivity contribution in [3.8, 4) is 0 Å². The number of pyridine rings is 1. The summed E-state index contributed by atoms with van der Waals surface area (Å²) in [6.07, 6.45) is 5.62. The Labute approximate surface area is 115 Å². The Balaban J connectivity index is 1.84. The molecule has 3 rings (SSSR count). The van der Waals surface area contributed by atoms with E-state index in [9.17, 15) is 9.59 Å². The molecule has 1 aliphatic rings. The first-order valence-electron chi connectivity index (χ1n) is 6.56. The molecule has 0 unspecified atom stereocenters. The van der Waals surface area contributed by atoms with Gasteiger partial charge in [-0.15, -0.1) is 0 Å². The molecule has 104 valence electrons. The Kier molecular flexibility index (Phi) is 2.93. The van der Waals surface area contributed by atoms with Crippen molar-refractivity contribution in [3.63, 3.8) is 0 Å². The van der Waals surface area contributed by atoms with Crippen LogP contribution in [-0.2, 0) is 4.79 Å². The standard InChI is InChI=1S/C14H15N3O3/c18-12(19)8-14(5-3-6-14)16-13(20)10-9-15-17-7-2-1-4-11(10)17/h1-2,4,7,9H,3,5-6,8H2,(H,16,20)(H,18,19). The van der Waals surface area contributed by atoms with Crippen LogP contribution in [0.1, 0.15) is 36.0 Å². The molecule has 2 heterocycles. The summed E-state index contributed by atoms with van der Waals surface area (Å²) in [5.41, 5.74) is 0.600. The maximum Gasteiger partial charge on any atom is 0.305 e. The summed E-state index contributed by atoms with van der Waals surface area (Å²) in [5.74, 6) is -1.14. The van der Waals surface area contributed by atoms with Crippen LogP contribution in [0.4, 0.5) is 0 Å². The number of carbonyl (C=O) groups excluding carboxylic acids is 1. The Morgan fingerprint density at radius 2 is 2.20 bits per heavy atom. The highest BCUT2D eigenvalue weighted by Gasteiger charge is 2.40. The molecule has 0 radical (unpaired) electrons. The number of carbonyl (C=O) groups is 2. The molecule has 0 saturated heterocycles. The van der Waals surface area contributed by atoms with Crippen LogP contribution in [0.25, 0.3) is 5.52 Å². The summed E-state index contributed by atoms with van der Waals surface area (Å²) < 4.78 is 1.62. The van der Waals surface area contributed by atoms with E-state index in [1.807, 2.05) is 18.2 Å². The molecule has 6 nitrogen and oxygen atoms in total. The Bertz CT molecular complexity index is 673. The Morgan fingerprint density at radius 3 is 2.85 bits per heavy atom. The lowest BCUT2D eigenvalue weighted by Gasteiger charge is -2.41. The molecule has 0 aromatic carbocycles. The molecule has 1 fully saturated rings. The van der Waals surface area contributed by atoms with Crippen molar-refractivity contribution in [2.75, 3.05) is 0 Å². The van der Waals surface area contributed by atoms with Gasteiger partial charge >= 0.3 is 5.97 Å². The van der Waals surface area contributed by atoms with Crippen LogP contribution in [0.5, 0.6) is 0 Å². The minimum absolute atomic E-state index is 0.0298. The fourth-order valence-electron chi connectivity index (χ4n) is 2.66. The largest absolute Gasteiger partial charge is 0.481 e. The van der Waals surface area contributed by atoms with Gasteiger partial charge in [0.05, 0.1) is 29.2 Å². The smallest absolute Gasteiger partial charge is 0.305 e. The second-order valence-electron chi connectivity index (χ2n) is 5.25. The van der Waals surface area contributed by atoms with Crippen LogP contribution in [0.15, 0.2) is 30.6 Å². The third-order valence-corrected chi connectivity index (χ3v) is 3.85. The van der Waals surface area contributed by atoms with Crippen molar-refractivity contribution < 1.29 is 14.7 Å². The lowest BCUT2D eigenvalue weighted by atomic mass is 9.74. The second-order valence-corrected chi connectivity index (χ2v) is 5.25. The minimum atomic E-state index is -0.884. The molecule has 1 saturated carbocycles. The van der Waals surface area contributed by atoms with E-state index in [1.54, 1.807) is 10.7 Å². The number of amides is 1. The highest BCUT2D eigenvalue weighted by Crippen LogP contribution is 2.35. The van der Waals surface area contributed by atoms with Crippen molar-refractivity contribution in [1.82, 2.24) is 14.9 Å². The molecule has 2 aromatic heterocycles. The number of hydrogen-bond donors (Lipinski definition) is 2. The molecule has 0 aliphatic heterocycles. The summed E-state index contributed by atoms with van der Waals surface area (Å²) >= 11 is 0. The zero-order valence-corrected chi connectivity index (χ0v) is 10.9. The van der Waals surface area contributed by atoms with Gasteiger partial charge < -0.3 is 10.4 Å². The van der Waals surface area contributed by atoms with Crippen molar-refractivity contribution in [2.24, 2.45) is 0 Å². The highest BCUT2D eigenvalue weighted by molar-refractivity contribution is 6.01. The number of nitrogens with one attached hydrogen (secondary N) is 1. The van der Waals surface area contributed by atoms with Crippen LogP contribution in [-0.4, -0.2) is 32.1 Å². The first-order chi connectivity index (χ1) is 9.60. The van der Waals surface area contributed by atoms with Gasteiger partial charge in [0, 0.05) is 6.20 Å². The van der Waals surface area contributed by atoms with Gasteiger partial charge in [0.25, 0.3) is 5.91 Å². The minimum Gasteiger partial charge on any atom is -0.481 e. The van der Waals surface area contributed by atoms with Crippen LogP contribution in [0, 0.1) is 0 Å². The van der Waals surface area contributed by atoms with Crippen LogP contribution in [0.2, 0.25) is 0 Å². The first kappa shape index (κ1) is 12.7. The molecule has 2 aromatic rings. The average molecular weight is 273 g/mol. The molecular formula is C14H15N3O3. The molecule has 0 spiro atoms. The number of nitrogens with zero attached hydrogens (tertiary/aromatic N) is 2. The maximum atomic E-state index is 12.4. The SMILES string of the molecule is O=C(O)CC1(NC(=O)c2cnn3ccccc23)CCC1. The second kappa shape index (κ2) is 4.63. The summed E-state index contributed by atoms with van der Waals surface area (Å²) in [7, 11) is 0. The zero-order chi connectivity index (χ0) is 14.2. The van der Waals surface area contributed by atoms with Gasteiger partial charge in [0.1, 0.15) is 0 Å². The van der Waals surface area contributed by atoms with Crippen molar-refractivity contribution >= 4 is 17.4 Å². The van der Waals surface area contributed by atoms with Crippen LogP contribution in [0.3, 0.4) is 0 Å². The van der Waals surface area contributed by atoms with E-state index in [4.69, 9.17) is 5.11 Å². The van der Waals surface area contributed by atoms with Gasteiger partial charge in [-0.2, -0.15) is 5.10 Å². The lowest BCUT2D eigenvalue weighted by Crippen LogP contribution is -2.54. The quantitative estimate of drug-likeness (QED) is 0.883. The topological polar surface area (TPSA) is 83.7 Å². The third-order valence-electron chi connectivity index (χ3n) is 3.85. The monoisotopic (exact) mass is 273 g/mol. The molecule has 0 atom stereocenters. The average Bonchev–Trinajstić information content (AvgIpc) is 2.79. The summed E-state index contributed by atoms with van der Waals surface area (Å²) in [5, 5.41) is 16.0. The van der Waals surface area contributed by atoms with E-state index in [2.05, 4.69) is 10.4 Å². The summed E-state index contributed by atoms with van der Waals surface area (Å²) in [4.78, 5) is 23.3. The van der Waals surface area contributed by atoms with Gasteiger partial charge in [-0.3, -0.25) is 9.59 Å². The number of aliphatic carboxylic acids is 1. The van der Waals surface area contributed by atoms with E-state index in [0.29, 0.717) is 18.4 Å². The van der Waals surface area contributed by atoms with Crippen LogP contribution < -0.4 is 5.32 Å². The number of rotatable bonds is 4. The molecule has 6 heteroatoms. The Hall–Kier alpha value is -2.37. The fraction of sp³-hybridized carbons (Fsp3) is 0.357. The van der Waals surface area contributed by atoms with Crippen LogP contribution >= 0.6 is 0 Å². The molecule has 1 amide bonds. The van der Waals surface area contributed by atoms with E-state index >= 15 is 0 Å². The summed E-state index contributed by atoms with van der Waals surface area (Å²) in [6.45, 7) is 0. The normalized spacial score (nSPS) is 16.6. The third kappa shape index (κ3) is 2.13. The van der Waals surface area contributed by atoms with E-state index < -0.39 is 11.5 Å². The van der Waals surface area contributed by atoms with E-state index in [0.717, 1.165) is 11.9 Å². The number of hydrogen-bond acceptors (Lipinski definition) is 3. The lowest BCUT2D eigenvalue weighted by molar-refractivity contribution is -0.139. The van der Waals surface area contributed by atoms with Gasteiger partial charge in [-0.05, 0) is 31.4 Å². The van der Waals surface area contributed by atoms with Crippen molar-refractivity contribution in [1.29, 1.82) is 0 Å². The fourth-order valence-corrected chi connectivity index (χ4v) is 2.66. The number of carboxylic acids is 1. The van der Waals surface area contributed by atoms with Crippen molar-refractivity contribution in [2.45, 2.75) is 31.2 Å². The van der Waals surface area contributed by atoms with Gasteiger partial charge in [-0.25, -0.2) is 4.52 Å².